The lowest BCUT2D eigenvalue weighted by Gasteiger charge is -2.07. The fraction of sp³-hybridized carbons (Fsp3) is 0.500. The van der Waals surface area contributed by atoms with Crippen molar-refractivity contribution in [2.45, 2.75) is 0 Å². The van der Waals surface area contributed by atoms with E-state index in [4.69, 9.17) is 4.74 Å². The molecule has 0 aliphatic carbocycles. The van der Waals surface area contributed by atoms with Crippen molar-refractivity contribution >= 4 is 15.8 Å². The summed E-state index contributed by atoms with van der Waals surface area (Å²) in [5.74, 6) is 0. The van der Waals surface area contributed by atoms with Gasteiger partial charge in [0.25, 0.3) is 10.1 Å². The van der Waals surface area contributed by atoms with E-state index in [1.165, 1.54) is 12.5 Å². The second-order valence-electron chi connectivity index (χ2n) is 2.26. The van der Waals surface area contributed by atoms with E-state index < -0.39 is 10.1 Å². The van der Waals surface area contributed by atoms with Crippen LogP contribution in [-0.2, 0) is 19.0 Å². The number of rotatable bonds is 3. The molecule has 1 aliphatic heterocycles. The molecule has 0 fully saturated rings. The third-order valence-corrected chi connectivity index (χ3v) is 1.65. The van der Waals surface area contributed by atoms with Gasteiger partial charge in [0.1, 0.15) is 19.5 Å². The molecule has 1 aliphatic rings. The Hall–Kier alpha value is -0.880. The van der Waals surface area contributed by atoms with E-state index in [0.29, 0.717) is 5.71 Å². The van der Waals surface area contributed by atoms with Gasteiger partial charge in [-0.3, -0.25) is 9.18 Å². The van der Waals surface area contributed by atoms with E-state index in [1.54, 1.807) is 0 Å². The first-order valence-electron chi connectivity index (χ1n) is 3.24. The molecule has 5 nitrogen and oxygen atoms in total. The van der Waals surface area contributed by atoms with Gasteiger partial charge >= 0.3 is 0 Å². The minimum atomic E-state index is -3.38. The van der Waals surface area contributed by atoms with Crippen LogP contribution in [0.4, 0.5) is 0 Å². The standard InChI is InChI=1S/C6H9NO4S/c1-12(8,9)11-5-6-4-10-3-2-7-6/h2-3H,4-5H2,1H3. The molecule has 0 aromatic carbocycles. The molecule has 0 saturated heterocycles. The molecule has 0 amide bonds. The van der Waals surface area contributed by atoms with E-state index in [0.717, 1.165) is 6.26 Å². The minimum Gasteiger partial charge on any atom is -0.494 e. The molecule has 0 atom stereocenters. The van der Waals surface area contributed by atoms with Crippen molar-refractivity contribution in [3.05, 3.63) is 12.5 Å². The number of ether oxygens (including phenoxy) is 1. The van der Waals surface area contributed by atoms with Crippen molar-refractivity contribution in [3.63, 3.8) is 0 Å². The molecule has 0 unspecified atom stereocenters. The second-order valence-corrected chi connectivity index (χ2v) is 3.90. The fourth-order valence-electron chi connectivity index (χ4n) is 0.614. The highest BCUT2D eigenvalue weighted by Gasteiger charge is 2.07. The lowest BCUT2D eigenvalue weighted by atomic mass is 10.4. The average Bonchev–Trinajstić information content (AvgIpc) is 2.02. The highest BCUT2D eigenvalue weighted by atomic mass is 32.2. The van der Waals surface area contributed by atoms with E-state index in [2.05, 4.69) is 9.18 Å². The molecule has 0 spiro atoms. The molecule has 0 N–H and O–H groups in total. The van der Waals surface area contributed by atoms with Crippen LogP contribution in [0.3, 0.4) is 0 Å². The zero-order chi connectivity index (χ0) is 9.03. The average molecular weight is 191 g/mol. The Kier molecular flexibility index (Phi) is 2.83. The Morgan fingerprint density at radius 2 is 2.50 bits per heavy atom. The normalized spacial score (nSPS) is 16.9. The molecule has 0 aromatic heterocycles. The predicted octanol–water partition coefficient (Wildman–Crippen LogP) is -0.0950. The second kappa shape index (κ2) is 3.68. The Morgan fingerprint density at radius 3 is 3.00 bits per heavy atom. The van der Waals surface area contributed by atoms with Crippen LogP contribution < -0.4 is 0 Å². The maximum absolute atomic E-state index is 10.5. The summed E-state index contributed by atoms with van der Waals surface area (Å²) in [6, 6.07) is 0. The molecule has 1 rings (SSSR count). The number of hydrogen-bond acceptors (Lipinski definition) is 5. The van der Waals surface area contributed by atoms with Gasteiger partial charge in [0.05, 0.1) is 18.2 Å². The van der Waals surface area contributed by atoms with Crippen LogP contribution in [0.1, 0.15) is 0 Å². The van der Waals surface area contributed by atoms with Crippen LogP contribution in [0.2, 0.25) is 0 Å². The SMILES string of the molecule is CS(=O)(=O)OCC1=NC=COC1. The molecule has 1 heterocycles. The summed E-state index contributed by atoms with van der Waals surface area (Å²) in [5.41, 5.74) is 0.558. The number of hydrogen-bond donors (Lipinski definition) is 0. The van der Waals surface area contributed by atoms with Gasteiger partial charge in [0, 0.05) is 0 Å². The van der Waals surface area contributed by atoms with Gasteiger partial charge in [0.15, 0.2) is 0 Å². The lowest BCUT2D eigenvalue weighted by molar-refractivity contribution is 0.284. The van der Waals surface area contributed by atoms with Crippen molar-refractivity contribution in [3.8, 4) is 0 Å². The topological polar surface area (TPSA) is 65.0 Å². The van der Waals surface area contributed by atoms with E-state index in [1.807, 2.05) is 0 Å². The molecule has 0 aromatic rings. The van der Waals surface area contributed by atoms with Crippen LogP contribution in [-0.4, -0.2) is 33.6 Å². The monoisotopic (exact) mass is 191 g/mol. The summed E-state index contributed by atoms with van der Waals surface area (Å²) in [5, 5.41) is 0. The minimum absolute atomic E-state index is 0.0385. The molecule has 6 heteroatoms. The van der Waals surface area contributed by atoms with Gasteiger partial charge in [-0.1, -0.05) is 0 Å². The summed E-state index contributed by atoms with van der Waals surface area (Å²) in [4.78, 5) is 3.85. The Bertz CT molecular complexity index is 304. The predicted molar refractivity (Wildman–Crippen MR) is 43.3 cm³/mol. The zero-order valence-corrected chi connectivity index (χ0v) is 7.37. The zero-order valence-electron chi connectivity index (χ0n) is 6.56. The van der Waals surface area contributed by atoms with E-state index in [9.17, 15) is 8.42 Å². The lowest BCUT2D eigenvalue weighted by Crippen LogP contribution is -2.18. The fourth-order valence-corrected chi connectivity index (χ4v) is 0.965. The molecular weight excluding hydrogens is 182 g/mol. The quantitative estimate of drug-likeness (QED) is 0.584. The molecule has 12 heavy (non-hydrogen) atoms. The van der Waals surface area contributed by atoms with Crippen molar-refractivity contribution in [2.24, 2.45) is 4.99 Å². The van der Waals surface area contributed by atoms with Gasteiger partial charge in [-0.15, -0.1) is 0 Å². The summed E-state index contributed by atoms with van der Waals surface area (Å²) in [6.07, 6.45) is 3.88. The van der Waals surface area contributed by atoms with Crippen LogP contribution in [0.5, 0.6) is 0 Å². The first kappa shape index (κ1) is 9.21. The Morgan fingerprint density at radius 1 is 1.75 bits per heavy atom. The third-order valence-electron chi connectivity index (χ3n) is 1.10. The van der Waals surface area contributed by atoms with Crippen molar-refractivity contribution in [1.29, 1.82) is 0 Å². The maximum atomic E-state index is 10.5. The number of aliphatic imine (C=N–C) groups is 1. The molecule has 0 saturated carbocycles. The van der Waals surface area contributed by atoms with E-state index in [-0.39, 0.29) is 13.2 Å². The van der Waals surface area contributed by atoms with Gasteiger partial charge in [0.2, 0.25) is 0 Å². The summed E-state index contributed by atoms with van der Waals surface area (Å²) in [6.45, 7) is 0.245. The maximum Gasteiger partial charge on any atom is 0.264 e. The van der Waals surface area contributed by atoms with Crippen LogP contribution in [0.25, 0.3) is 0 Å². The van der Waals surface area contributed by atoms with Gasteiger partial charge in [-0.05, 0) is 0 Å². The number of nitrogens with zero attached hydrogens (tertiary/aromatic N) is 1. The Labute approximate surface area is 70.8 Å². The van der Waals surface area contributed by atoms with Crippen molar-refractivity contribution in [2.75, 3.05) is 19.5 Å². The first-order valence-corrected chi connectivity index (χ1v) is 5.06. The van der Waals surface area contributed by atoms with Gasteiger partial charge in [-0.2, -0.15) is 8.42 Å². The van der Waals surface area contributed by atoms with E-state index >= 15 is 0 Å². The highest BCUT2D eigenvalue weighted by molar-refractivity contribution is 7.86. The smallest absolute Gasteiger partial charge is 0.264 e. The van der Waals surface area contributed by atoms with Gasteiger partial charge in [-0.25, -0.2) is 0 Å². The third kappa shape index (κ3) is 3.49. The largest absolute Gasteiger partial charge is 0.494 e. The molecular formula is C6H9NO4S. The van der Waals surface area contributed by atoms with Crippen LogP contribution >= 0.6 is 0 Å². The van der Waals surface area contributed by atoms with Crippen LogP contribution in [0, 0.1) is 0 Å². The Balaban J connectivity index is 2.42. The summed E-state index contributed by atoms with van der Waals surface area (Å²) >= 11 is 0. The summed E-state index contributed by atoms with van der Waals surface area (Å²) in [7, 11) is -3.38. The van der Waals surface area contributed by atoms with Gasteiger partial charge < -0.3 is 4.74 Å². The first-order chi connectivity index (χ1) is 5.58. The van der Waals surface area contributed by atoms with Crippen molar-refractivity contribution < 1.29 is 17.3 Å². The molecule has 0 bridgehead atoms. The van der Waals surface area contributed by atoms with Crippen LogP contribution in [0.15, 0.2) is 17.5 Å². The molecule has 68 valence electrons. The van der Waals surface area contributed by atoms with Crippen molar-refractivity contribution in [1.82, 2.24) is 0 Å². The highest BCUT2D eigenvalue weighted by Crippen LogP contribution is 1.96. The molecule has 0 radical (unpaired) electrons. The summed E-state index contributed by atoms with van der Waals surface area (Å²) < 4.78 is 30.4.